The lowest BCUT2D eigenvalue weighted by Gasteiger charge is -2.50. The molecule has 7 saturated heterocycles. The Kier molecular flexibility index (Phi) is 29.0. The third-order valence-electron chi connectivity index (χ3n) is 17.1. The van der Waals surface area contributed by atoms with Crippen molar-refractivity contribution in [2.75, 3.05) is 52.9 Å². The monoisotopic (exact) mass is 1380 g/mol. The van der Waals surface area contributed by atoms with Gasteiger partial charge >= 0.3 is 0 Å². The number of hydrogen-bond acceptors (Lipinski definition) is 40. The number of rotatable bonds is 28. The smallest absolute Gasteiger partial charge is 0.217 e. The average Bonchev–Trinajstić information content (AvgIpc) is 0.952. The lowest BCUT2D eigenvalue weighted by atomic mass is 9.94. The molecule has 0 aromatic rings. The summed E-state index contributed by atoms with van der Waals surface area (Å²) in [6, 6.07) is -3.36. The Morgan fingerprint density at radius 1 is 0.383 bits per heavy atom. The molecule has 0 radical (unpaired) electrons. The molecule has 0 bridgehead atoms. The van der Waals surface area contributed by atoms with Crippen LogP contribution in [0.25, 0.3) is 0 Å². The summed E-state index contributed by atoms with van der Waals surface area (Å²) in [6.45, 7) is -5.51. The molecule has 42 heteroatoms. The number of aliphatic hydroxyl groups excluding tert-OH is 24. The SMILES string of the molecule is CC(=O)N[C@H]1[C@@H](O[C@H]2[C@H](O)[C@@H](O)[C@@H](O[C@H]3[C@@H](O[C@H]4[C@H](OC[C@@H](O)[C@@H](O)[C@H](O)[C@@H](CO)O[C@H]5O[C@H](CO)[C@@H](O)[C@H](O)[C@@H]5O[C@@H]5O[C@@H](C)[C@H](O)[C@@H](O)[C@H]5O)O[C@@H]([C@H](O)CO)[C@@H]4O)O[C@H](CO)[C@@H](O[C@H]4O[C@H](CO)[C@@H](O)[C@H](O)[C@H]4NC(C)=O)[C@@H]3O)O[C@@H]2CO)O[C@H](CO)[C@@H](O)[C@@H]1O. The predicted molar refractivity (Wildman–Crippen MR) is 288 cm³/mol. The molecule has 548 valence electrons. The zero-order valence-corrected chi connectivity index (χ0v) is 50.4. The van der Waals surface area contributed by atoms with E-state index in [4.69, 9.17) is 66.3 Å². The van der Waals surface area contributed by atoms with Gasteiger partial charge in [-0.05, 0) is 6.92 Å². The quantitative estimate of drug-likeness (QED) is 0.0346. The van der Waals surface area contributed by atoms with E-state index in [2.05, 4.69) is 10.6 Å². The molecule has 94 heavy (non-hydrogen) atoms. The van der Waals surface area contributed by atoms with Gasteiger partial charge in [0.2, 0.25) is 11.8 Å². The lowest BCUT2D eigenvalue weighted by molar-refractivity contribution is -0.396. The summed E-state index contributed by atoms with van der Waals surface area (Å²) in [7, 11) is 0. The maximum atomic E-state index is 12.4. The molecule has 0 aliphatic carbocycles. The first kappa shape index (κ1) is 78.8. The lowest BCUT2D eigenvalue weighted by Crippen LogP contribution is -2.69. The molecule has 39 atom stereocenters. The number of ether oxygens (including phenoxy) is 14. The fourth-order valence-electron chi connectivity index (χ4n) is 11.7. The molecule has 0 saturated carbocycles. The highest BCUT2D eigenvalue weighted by Gasteiger charge is 2.59. The highest BCUT2D eigenvalue weighted by atomic mass is 16.8. The van der Waals surface area contributed by atoms with Crippen LogP contribution < -0.4 is 10.6 Å². The van der Waals surface area contributed by atoms with Gasteiger partial charge < -0.3 is 200 Å². The van der Waals surface area contributed by atoms with Crippen LogP contribution in [0.4, 0.5) is 0 Å². The molecular weight excluding hydrogens is 1290 g/mol. The largest absolute Gasteiger partial charge is 0.394 e. The van der Waals surface area contributed by atoms with Gasteiger partial charge in [-0.3, -0.25) is 9.59 Å². The van der Waals surface area contributed by atoms with Crippen molar-refractivity contribution in [3.05, 3.63) is 0 Å². The Labute approximate surface area is 532 Å². The zero-order chi connectivity index (χ0) is 69.6. The number of carbonyl (C=O) groups excluding carboxylic acids is 2. The second-order valence-electron chi connectivity index (χ2n) is 23.6. The first-order valence-electron chi connectivity index (χ1n) is 29.9. The topological polar surface area (TPSA) is 673 Å². The summed E-state index contributed by atoms with van der Waals surface area (Å²) < 4.78 is 80.9. The van der Waals surface area contributed by atoms with Gasteiger partial charge in [0.15, 0.2) is 44.0 Å². The van der Waals surface area contributed by atoms with Crippen LogP contribution in [0.1, 0.15) is 20.8 Å². The summed E-state index contributed by atoms with van der Waals surface area (Å²) in [4.78, 5) is 24.5. The molecule has 7 fully saturated rings. The van der Waals surface area contributed by atoms with E-state index in [-0.39, 0.29) is 0 Å². The number of aliphatic hydroxyl groups is 24. The van der Waals surface area contributed by atoms with Gasteiger partial charge in [-0.25, -0.2) is 0 Å². The van der Waals surface area contributed by atoms with Gasteiger partial charge in [-0.1, -0.05) is 0 Å². The number of amides is 2. The van der Waals surface area contributed by atoms with Crippen molar-refractivity contribution in [2.24, 2.45) is 0 Å². The zero-order valence-electron chi connectivity index (χ0n) is 50.4. The molecule has 0 aromatic heterocycles. The maximum absolute atomic E-state index is 12.4. The van der Waals surface area contributed by atoms with Gasteiger partial charge in [-0.15, -0.1) is 0 Å². The van der Waals surface area contributed by atoms with Crippen molar-refractivity contribution in [1.82, 2.24) is 10.6 Å². The normalized spacial score (nSPS) is 47.1. The molecule has 7 aliphatic rings. The molecule has 0 aromatic carbocycles. The van der Waals surface area contributed by atoms with E-state index in [1.54, 1.807) is 0 Å². The molecular formula is C52H90N2O40. The summed E-state index contributed by atoms with van der Waals surface area (Å²) in [5.41, 5.74) is 0. The van der Waals surface area contributed by atoms with E-state index < -0.39 is 304 Å². The van der Waals surface area contributed by atoms with Crippen molar-refractivity contribution in [3.63, 3.8) is 0 Å². The van der Waals surface area contributed by atoms with Crippen molar-refractivity contribution < 1.29 is 198 Å². The predicted octanol–water partition coefficient (Wildman–Crippen LogP) is -17.5. The van der Waals surface area contributed by atoms with Crippen LogP contribution in [0.3, 0.4) is 0 Å². The summed E-state index contributed by atoms with van der Waals surface area (Å²) in [5.74, 6) is -1.63. The van der Waals surface area contributed by atoms with E-state index in [0.29, 0.717) is 0 Å². The van der Waals surface area contributed by atoms with Crippen molar-refractivity contribution in [3.8, 4) is 0 Å². The van der Waals surface area contributed by atoms with Crippen LogP contribution in [-0.4, -0.2) is 426 Å². The summed E-state index contributed by atoms with van der Waals surface area (Å²) >= 11 is 0. The van der Waals surface area contributed by atoms with E-state index in [1.807, 2.05) is 0 Å². The summed E-state index contributed by atoms with van der Waals surface area (Å²) in [6.07, 6.45) is -74.4. The van der Waals surface area contributed by atoms with Gasteiger partial charge in [0, 0.05) is 13.8 Å². The van der Waals surface area contributed by atoms with Gasteiger partial charge in [0.1, 0.15) is 189 Å². The van der Waals surface area contributed by atoms with E-state index >= 15 is 0 Å². The molecule has 42 nitrogen and oxygen atoms in total. The highest BCUT2D eigenvalue weighted by Crippen LogP contribution is 2.39. The Balaban J connectivity index is 1.15. The molecule has 2 amide bonds. The summed E-state index contributed by atoms with van der Waals surface area (Å²) in [5, 5.41) is 265. The van der Waals surface area contributed by atoms with E-state index in [0.717, 1.165) is 13.8 Å². The average molecular weight is 1380 g/mol. The number of carbonyl (C=O) groups is 2. The molecule has 0 spiro atoms. The van der Waals surface area contributed by atoms with E-state index in [1.165, 1.54) is 6.92 Å². The molecule has 7 aliphatic heterocycles. The minimum atomic E-state index is -2.47. The van der Waals surface area contributed by atoms with Crippen LogP contribution >= 0.6 is 0 Å². The van der Waals surface area contributed by atoms with Crippen molar-refractivity contribution in [1.29, 1.82) is 0 Å². The first-order chi connectivity index (χ1) is 44.4. The molecule has 7 heterocycles. The minimum Gasteiger partial charge on any atom is -0.394 e. The fraction of sp³-hybridized carbons (Fsp3) is 0.962. The molecule has 7 rings (SSSR count). The number of hydrogen-bond donors (Lipinski definition) is 26. The second-order valence-corrected chi connectivity index (χ2v) is 23.6. The third-order valence-corrected chi connectivity index (χ3v) is 17.1. The van der Waals surface area contributed by atoms with Crippen molar-refractivity contribution in [2.45, 2.75) is 260 Å². The number of nitrogens with one attached hydrogen (secondary N) is 2. The Morgan fingerprint density at radius 3 is 1.26 bits per heavy atom. The molecule has 0 unspecified atom stereocenters. The van der Waals surface area contributed by atoms with Gasteiger partial charge in [0.05, 0.1) is 59.0 Å². The Bertz CT molecular complexity index is 2320. The van der Waals surface area contributed by atoms with Crippen LogP contribution in [0.15, 0.2) is 0 Å². The van der Waals surface area contributed by atoms with Gasteiger partial charge in [0.25, 0.3) is 0 Å². The fourth-order valence-corrected chi connectivity index (χ4v) is 11.7. The highest BCUT2D eigenvalue weighted by molar-refractivity contribution is 5.73. The molecule has 26 N–H and O–H groups in total. The second kappa shape index (κ2) is 34.7. The standard InChI is InChI=1S/C52H90N2O40/c1-12-25(66)33(74)36(77)48(82-12)92-43-34(75)30(71)20(8-59)86-51(43)85-17(5-56)27(68)26(67)16(65)11-81-50-44(38(79)40(89-50)15(64)4-55)94-52-45(39(80)42(22(10-61)88-52)91-47-24(54-14(3)63)32(73)29(70)19(7-58)84-47)93-49-37(78)35(76)41(21(9-60)87-49)90-46-23(53-13(2)62)31(72)28(69)18(6-57)83-46/h12,15-52,55-61,64-80H,4-11H2,1-3H3,(H,53,62)(H,54,63)/t12-,15+,16+,17+,18+,19+,20+,21+,22+,23+,24+,25-,26+,27+,28+,29+,30+,31+,32+,33+,34-,35+,36+,37+,38-,39-,40-,41+,42+,43-,44+,45+,46+,47+,48-,49+,50+,51-,52+/m0/s1. The van der Waals surface area contributed by atoms with E-state index in [9.17, 15) is 132 Å². The Morgan fingerprint density at radius 2 is 0.777 bits per heavy atom. The Hall–Kier alpha value is -2.58. The van der Waals surface area contributed by atoms with Crippen LogP contribution in [0.2, 0.25) is 0 Å². The third kappa shape index (κ3) is 17.4. The van der Waals surface area contributed by atoms with Crippen LogP contribution in [0, 0.1) is 0 Å². The van der Waals surface area contributed by atoms with Crippen LogP contribution in [0.5, 0.6) is 0 Å². The van der Waals surface area contributed by atoms with Crippen molar-refractivity contribution >= 4 is 11.8 Å². The van der Waals surface area contributed by atoms with Gasteiger partial charge in [-0.2, -0.15) is 0 Å². The minimum absolute atomic E-state index is 0.794. The maximum Gasteiger partial charge on any atom is 0.217 e. The first-order valence-corrected chi connectivity index (χ1v) is 29.9. The van der Waals surface area contributed by atoms with Crippen LogP contribution in [-0.2, 0) is 75.9 Å².